The summed E-state index contributed by atoms with van der Waals surface area (Å²) in [5.41, 5.74) is 12.1. The van der Waals surface area contributed by atoms with Crippen LogP contribution in [-0.4, -0.2) is 0 Å². The van der Waals surface area contributed by atoms with Gasteiger partial charge >= 0.3 is 0 Å². The Bertz CT molecular complexity index is 2910. The Kier molecular flexibility index (Phi) is 4.97. The summed E-state index contributed by atoms with van der Waals surface area (Å²) in [5.74, 6) is 0. The molecule has 11 rings (SSSR count). The van der Waals surface area contributed by atoms with Gasteiger partial charge < -0.3 is 4.42 Å². The Hall–Kier alpha value is -5.92. The molecule has 0 bridgehead atoms. The van der Waals surface area contributed by atoms with Crippen molar-refractivity contribution in [2.24, 2.45) is 0 Å². The highest BCUT2D eigenvalue weighted by Gasteiger charge is 2.38. The second kappa shape index (κ2) is 9.12. The van der Waals surface area contributed by atoms with Crippen molar-refractivity contribution in [2.75, 3.05) is 0 Å². The Morgan fingerprint density at radius 2 is 1.08 bits per heavy atom. The van der Waals surface area contributed by atoms with Gasteiger partial charge in [0.15, 0.2) is 0 Å². The molecule has 0 aliphatic heterocycles. The SMILES string of the molecule is CC1(C)c2ccccc2-c2c(-c3ccc4c(c3)oc3ccccc34)cc3ccc(-c4cc5ccc6cccc7ccc(c4)c5c67)cc3c21. The van der Waals surface area contributed by atoms with Crippen LogP contribution in [0.4, 0.5) is 0 Å². The van der Waals surface area contributed by atoms with E-state index in [1.54, 1.807) is 0 Å². The Morgan fingerprint density at radius 1 is 0.417 bits per heavy atom. The number of furan rings is 1. The fraction of sp³-hybridized carbons (Fsp3) is 0.0638. The van der Waals surface area contributed by atoms with Gasteiger partial charge in [0.2, 0.25) is 0 Å². The van der Waals surface area contributed by atoms with Crippen LogP contribution < -0.4 is 0 Å². The van der Waals surface area contributed by atoms with Gasteiger partial charge in [0.25, 0.3) is 0 Å². The first-order valence-corrected chi connectivity index (χ1v) is 16.8. The van der Waals surface area contributed by atoms with E-state index in [4.69, 9.17) is 4.42 Å². The highest BCUT2D eigenvalue weighted by molar-refractivity contribution is 6.24. The van der Waals surface area contributed by atoms with Crippen molar-refractivity contribution in [3.8, 4) is 33.4 Å². The molecule has 0 radical (unpaired) electrons. The maximum atomic E-state index is 6.37. The van der Waals surface area contributed by atoms with Crippen molar-refractivity contribution in [3.63, 3.8) is 0 Å². The lowest BCUT2D eigenvalue weighted by atomic mass is 9.78. The third kappa shape index (κ3) is 3.40. The standard InChI is InChI=1S/C47H30O/c1-47(2)40-12-5-3-11-37(40)45-38(31-20-21-36-35-10-4-6-13-41(35)48-42(36)26-31)25-30-17-16-29(24-39(30)46(45)47)34-22-32-18-14-27-8-7-9-28-15-19-33(23-34)44(32)43(27)28/h3-26H,1-2H3. The molecule has 1 aliphatic carbocycles. The first kappa shape index (κ1) is 26.2. The summed E-state index contributed by atoms with van der Waals surface area (Å²) >= 11 is 0. The van der Waals surface area contributed by atoms with Crippen LogP contribution in [0.2, 0.25) is 0 Å². The quantitative estimate of drug-likeness (QED) is 0.178. The molecule has 0 unspecified atom stereocenters. The minimum atomic E-state index is -0.157. The zero-order valence-corrected chi connectivity index (χ0v) is 26.8. The van der Waals surface area contributed by atoms with Gasteiger partial charge in [-0.25, -0.2) is 0 Å². The summed E-state index contributed by atoms with van der Waals surface area (Å²) in [7, 11) is 0. The van der Waals surface area contributed by atoms with Gasteiger partial charge in [-0.1, -0.05) is 117 Å². The van der Waals surface area contributed by atoms with E-state index in [1.807, 2.05) is 6.07 Å². The van der Waals surface area contributed by atoms with Crippen LogP contribution in [0.25, 0.3) is 98.4 Å². The van der Waals surface area contributed by atoms with E-state index in [9.17, 15) is 0 Å². The van der Waals surface area contributed by atoms with Crippen molar-refractivity contribution in [2.45, 2.75) is 19.3 Å². The molecule has 10 aromatic rings. The predicted octanol–water partition coefficient (Wildman–Crippen LogP) is 13.3. The molecule has 0 saturated heterocycles. The summed E-state index contributed by atoms with van der Waals surface area (Å²) < 4.78 is 6.37. The van der Waals surface area contributed by atoms with Gasteiger partial charge in [-0.05, 0) is 130 Å². The number of benzene rings is 9. The van der Waals surface area contributed by atoms with E-state index in [0.717, 1.165) is 21.9 Å². The fourth-order valence-corrected chi connectivity index (χ4v) is 8.93. The third-order valence-corrected chi connectivity index (χ3v) is 11.1. The zero-order chi connectivity index (χ0) is 31.7. The van der Waals surface area contributed by atoms with Crippen LogP contribution in [0.15, 0.2) is 150 Å². The van der Waals surface area contributed by atoms with Gasteiger partial charge in [-0.2, -0.15) is 0 Å². The van der Waals surface area contributed by atoms with Gasteiger partial charge in [0.05, 0.1) is 0 Å². The van der Waals surface area contributed by atoms with Crippen molar-refractivity contribution in [1.82, 2.24) is 0 Å². The van der Waals surface area contributed by atoms with Crippen LogP contribution in [-0.2, 0) is 5.41 Å². The molecule has 9 aromatic carbocycles. The normalized spacial score (nSPS) is 13.8. The number of hydrogen-bond donors (Lipinski definition) is 0. The van der Waals surface area contributed by atoms with Crippen LogP contribution in [0, 0.1) is 0 Å². The lowest BCUT2D eigenvalue weighted by Gasteiger charge is -2.24. The number of rotatable bonds is 2. The van der Waals surface area contributed by atoms with Crippen LogP contribution in [0.3, 0.4) is 0 Å². The highest BCUT2D eigenvalue weighted by Crippen LogP contribution is 2.55. The van der Waals surface area contributed by atoms with Gasteiger partial charge in [-0.15, -0.1) is 0 Å². The van der Waals surface area contributed by atoms with E-state index >= 15 is 0 Å². The average Bonchev–Trinajstić information content (AvgIpc) is 3.62. The summed E-state index contributed by atoms with van der Waals surface area (Å²) in [6.07, 6.45) is 0. The second-order valence-corrected chi connectivity index (χ2v) is 14.1. The van der Waals surface area contributed by atoms with Crippen molar-refractivity contribution < 1.29 is 4.42 Å². The largest absolute Gasteiger partial charge is 0.456 e. The van der Waals surface area contributed by atoms with E-state index in [1.165, 1.54) is 87.6 Å². The molecule has 0 spiro atoms. The molecular formula is C47H30O. The molecule has 0 atom stereocenters. The van der Waals surface area contributed by atoms with Gasteiger partial charge in [0.1, 0.15) is 11.2 Å². The van der Waals surface area contributed by atoms with Crippen LogP contribution >= 0.6 is 0 Å². The molecule has 0 amide bonds. The molecule has 1 heterocycles. The molecule has 0 fully saturated rings. The maximum absolute atomic E-state index is 6.37. The molecule has 1 nitrogen and oxygen atoms in total. The van der Waals surface area contributed by atoms with Crippen molar-refractivity contribution in [1.29, 1.82) is 0 Å². The Labute approximate surface area is 278 Å². The van der Waals surface area contributed by atoms with E-state index < -0.39 is 0 Å². The molecule has 1 heteroatoms. The first-order chi connectivity index (χ1) is 23.5. The Morgan fingerprint density at radius 3 is 1.92 bits per heavy atom. The summed E-state index contributed by atoms with van der Waals surface area (Å²) in [5, 5.41) is 12.8. The predicted molar refractivity (Wildman–Crippen MR) is 203 cm³/mol. The highest BCUT2D eigenvalue weighted by atomic mass is 16.3. The van der Waals surface area contributed by atoms with Crippen LogP contribution in [0.1, 0.15) is 25.0 Å². The summed E-state index contributed by atoms with van der Waals surface area (Å²) in [4.78, 5) is 0. The minimum absolute atomic E-state index is 0.157. The van der Waals surface area contributed by atoms with E-state index in [2.05, 4.69) is 153 Å². The van der Waals surface area contributed by atoms with E-state index in [-0.39, 0.29) is 5.41 Å². The molecular weight excluding hydrogens is 581 g/mol. The third-order valence-electron chi connectivity index (χ3n) is 11.1. The Balaban J connectivity index is 1.17. The fourth-order valence-electron chi connectivity index (χ4n) is 8.93. The molecule has 224 valence electrons. The maximum Gasteiger partial charge on any atom is 0.136 e. The second-order valence-electron chi connectivity index (χ2n) is 14.1. The zero-order valence-electron chi connectivity index (χ0n) is 26.8. The molecule has 0 N–H and O–H groups in total. The first-order valence-electron chi connectivity index (χ1n) is 16.8. The number of hydrogen-bond acceptors (Lipinski definition) is 1. The monoisotopic (exact) mass is 610 g/mol. The van der Waals surface area contributed by atoms with Gasteiger partial charge in [-0.3, -0.25) is 0 Å². The van der Waals surface area contributed by atoms with Crippen LogP contribution in [0.5, 0.6) is 0 Å². The lowest BCUT2D eigenvalue weighted by molar-refractivity contribution is 0.666. The molecule has 1 aromatic heterocycles. The lowest BCUT2D eigenvalue weighted by Crippen LogP contribution is -2.15. The molecule has 0 saturated carbocycles. The number of para-hydroxylation sites is 1. The summed E-state index contributed by atoms with van der Waals surface area (Å²) in [6, 6.07) is 54.0. The topological polar surface area (TPSA) is 13.1 Å². The minimum Gasteiger partial charge on any atom is -0.456 e. The summed E-state index contributed by atoms with van der Waals surface area (Å²) in [6.45, 7) is 4.78. The van der Waals surface area contributed by atoms with Gasteiger partial charge in [0, 0.05) is 16.2 Å². The number of fused-ring (bicyclic) bond motifs is 8. The van der Waals surface area contributed by atoms with E-state index in [0.29, 0.717) is 0 Å². The average molecular weight is 611 g/mol. The molecule has 1 aliphatic rings. The van der Waals surface area contributed by atoms with Crippen molar-refractivity contribution in [3.05, 3.63) is 157 Å². The smallest absolute Gasteiger partial charge is 0.136 e. The van der Waals surface area contributed by atoms with Crippen molar-refractivity contribution >= 4 is 65.0 Å². The molecule has 48 heavy (non-hydrogen) atoms.